The highest BCUT2D eigenvalue weighted by Gasteiger charge is 2.14. The molecule has 0 atom stereocenters. The van der Waals surface area contributed by atoms with Gasteiger partial charge in [0.25, 0.3) is 5.91 Å². The predicted octanol–water partition coefficient (Wildman–Crippen LogP) is 3.84. The number of benzene rings is 3. The smallest absolute Gasteiger partial charge is 0.252 e. The first-order valence-electron chi connectivity index (χ1n) is 7.77. The fourth-order valence-electron chi connectivity index (χ4n) is 2.79. The average molecular weight is 329 g/mol. The molecule has 0 radical (unpaired) electrons. The molecule has 1 heterocycles. The van der Waals surface area contributed by atoms with Gasteiger partial charge in [0.2, 0.25) is 5.89 Å². The van der Waals surface area contributed by atoms with Crippen LogP contribution in [0.25, 0.3) is 33.7 Å². The molecule has 0 saturated carbocycles. The number of hydrogen-bond acceptors (Lipinski definition) is 4. The van der Waals surface area contributed by atoms with Gasteiger partial charge in [0.1, 0.15) is 5.52 Å². The van der Waals surface area contributed by atoms with Crippen molar-refractivity contribution in [2.24, 2.45) is 5.73 Å². The Bertz CT molecular complexity index is 1080. The normalized spacial score (nSPS) is 10.9. The lowest BCUT2D eigenvalue weighted by Crippen LogP contribution is -2.10. The minimum absolute atomic E-state index is 0.327. The fraction of sp³-hybridized carbons (Fsp3) is 0. The van der Waals surface area contributed by atoms with E-state index in [0.29, 0.717) is 22.6 Å². The number of amides is 1. The highest BCUT2D eigenvalue weighted by molar-refractivity contribution is 6.03. The number of hydrogen-bond donors (Lipinski definition) is 2. The molecule has 4 N–H and O–H groups in total. The molecular weight excluding hydrogens is 314 g/mol. The van der Waals surface area contributed by atoms with Crippen LogP contribution in [0.2, 0.25) is 0 Å². The number of nitrogens with two attached hydrogens (primary N) is 2. The number of primary amides is 1. The summed E-state index contributed by atoms with van der Waals surface area (Å²) < 4.78 is 5.78. The standard InChI is InChI=1S/C20H15N3O2/c21-15-4-1-3-14(11-15)12-7-9-13(10-8-12)20-23-17-6-2-5-16(19(22)24)18(17)25-20/h1-11H,21H2,(H2,22,24). The maximum Gasteiger partial charge on any atom is 0.252 e. The molecule has 0 saturated heterocycles. The highest BCUT2D eigenvalue weighted by atomic mass is 16.3. The van der Waals surface area contributed by atoms with Crippen LogP contribution in [0.4, 0.5) is 5.69 Å². The van der Waals surface area contributed by atoms with Crippen molar-refractivity contribution in [3.63, 3.8) is 0 Å². The maximum atomic E-state index is 11.5. The molecule has 0 unspecified atom stereocenters. The first-order valence-corrected chi connectivity index (χ1v) is 7.77. The largest absolute Gasteiger partial charge is 0.435 e. The number of carbonyl (C=O) groups excluding carboxylic acids is 1. The summed E-state index contributed by atoms with van der Waals surface area (Å²) in [6.45, 7) is 0. The van der Waals surface area contributed by atoms with Crippen molar-refractivity contribution < 1.29 is 9.21 Å². The Hall–Kier alpha value is -3.60. The van der Waals surface area contributed by atoms with E-state index < -0.39 is 5.91 Å². The molecule has 4 aromatic rings. The molecule has 122 valence electrons. The average Bonchev–Trinajstić information content (AvgIpc) is 3.06. The van der Waals surface area contributed by atoms with Gasteiger partial charge >= 0.3 is 0 Å². The van der Waals surface area contributed by atoms with Gasteiger partial charge in [-0.15, -0.1) is 0 Å². The molecule has 0 fully saturated rings. The van der Waals surface area contributed by atoms with Crippen LogP contribution >= 0.6 is 0 Å². The van der Waals surface area contributed by atoms with Crippen molar-refractivity contribution in [3.05, 3.63) is 72.3 Å². The van der Waals surface area contributed by atoms with Crippen LogP contribution in [0.1, 0.15) is 10.4 Å². The molecule has 5 nitrogen and oxygen atoms in total. The van der Waals surface area contributed by atoms with E-state index in [1.165, 1.54) is 0 Å². The van der Waals surface area contributed by atoms with E-state index in [2.05, 4.69) is 4.98 Å². The summed E-state index contributed by atoms with van der Waals surface area (Å²) in [5.41, 5.74) is 16.2. The lowest BCUT2D eigenvalue weighted by Gasteiger charge is -2.03. The predicted molar refractivity (Wildman–Crippen MR) is 97.8 cm³/mol. The monoisotopic (exact) mass is 329 g/mol. The Morgan fingerprint density at radius 3 is 2.32 bits per heavy atom. The van der Waals surface area contributed by atoms with Gasteiger partial charge in [-0.05, 0) is 47.5 Å². The molecule has 5 heteroatoms. The van der Waals surface area contributed by atoms with E-state index in [1.54, 1.807) is 18.2 Å². The second-order valence-corrected chi connectivity index (χ2v) is 5.74. The summed E-state index contributed by atoms with van der Waals surface area (Å²) in [5, 5.41) is 0. The summed E-state index contributed by atoms with van der Waals surface area (Å²) in [6.07, 6.45) is 0. The third-order valence-corrected chi connectivity index (χ3v) is 4.03. The molecule has 0 aliphatic carbocycles. The van der Waals surface area contributed by atoms with Gasteiger partial charge in [-0.3, -0.25) is 4.79 Å². The van der Waals surface area contributed by atoms with Gasteiger partial charge in [-0.1, -0.05) is 30.3 Å². The van der Waals surface area contributed by atoms with Gasteiger partial charge in [-0.2, -0.15) is 0 Å². The van der Waals surface area contributed by atoms with E-state index in [1.807, 2.05) is 48.5 Å². The lowest BCUT2D eigenvalue weighted by molar-refractivity contribution is 0.100. The second-order valence-electron chi connectivity index (χ2n) is 5.74. The minimum atomic E-state index is -0.537. The molecule has 1 aromatic heterocycles. The minimum Gasteiger partial charge on any atom is -0.435 e. The summed E-state index contributed by atoms with van der Waals surface area (Å²) in [6, 6.07) is 20.7. The Morgan fingerprint density at radius 2 is 1.60 bits per heavy atom. The van der Waals surface area contributed by atoms with E-state index in [4.69, 9.17) is 15.9 Å². The molecule has 4 rings (SSSR count). The van der Waals surface area contributed by atoms with E-state index >= 15 is 0 Å². The van der Waals surface area contributed by atoms with Crippen molar-refractivity contribution >= 4 is 22.7 Å². The van der Waals surface area contributed by atoms with Gasteiger partial charge in [0.05, 0.1) is 5.56 Å². The van der Waals surface area contributed by atoms with Crippen LogP contribution < -0.4 is 11.5 Å². The molecular formula is C20H15N3O2. The van der Waals surface area contributed by atoms with Gasteiger partial charge in [0.15, 0.2) is 5.58 Å². The molecule has 25 heavy (non-hydrogen) atoms. The quantitative estimate of drug-likeness (QED) is 0.558. The molecule has 3 aromatic carbocycles. The number of anilines is 1. The molecule has 0 aliphatic rings. The number of aromatic nitrogens is 1. The van der Waals surface area contributed by atoms with Gasteiger partial charge in [0, 0.05) is 11.3 Å². The fourth-order valence-corrected chi connectivity index (χ4v) is 2.79. The van der Waals surface area contributed by atoms with Crippen molar-refractivity contribution in [2.45, 2.75) is 0 Å². The molecule has 0 spiro atoms. The molecule has 1 amide bonds. The maximum absolute atomic E-state index is 11.5. The van der Waals surface area contributed by atoms with Crippen LogP contribution in [-0.2, 0) is 0 Å². The first kappa shape index (κ1) is 15.0. The van der Waals surface area contributed by atoms with Crippen LogP contribution in [0.3, 0.4) is 0 Å². The first-order chi connectivity index (χ1) is 12.1. The van der Waals surface area contributed by atoms with Crippen molar-refractivity contribution in [2.75, 3.05) is 5.73 Å². The summed E-state index contributed by atoms with van der Waals surface area (Å²) in [7, 11) is 0. The number of nitrogens with zero attached hydrogens (tertiary/aromatic N) is 1. The molecule has 0 bridgehead atoms. The SMILES string of the molecule is NC(=O)c1cccc2nc(-c3ccc(-c4cccc(N)c4)cc3)oc12. The van der Waals surface area contributed by atoms with Crippen LogP contribution in [-0.4, -0.2) is 10.9 Å². The van der Waals surface area contributed by atoms with Crippen LogP contribution in [0, 0.1) is 0 Å². The number of para-hydroxylation sites is 1. The Labute approximate surface area is 143 Å². The van der Waals surface area contributed by atoms with Gasteiger partial charge in [-0.25, -0.2) is 4.98 Å². The number of oxazole rings is 1. The topological polar surface area (TPSA) is 95.1 Å². The Morgan fingerprint density at radius 1 is 0.880 bits per heavy atom. The van der Waals surface area contributed by atoms with E-state index in [9.17, 15) is 4.79 Å². The third-order valence-electron chi connectivity index (χ3n) is 4.03. The number of rotatable bonds is 3. The zero-order chi connectivity index (χ0) is 17.4. The van der Waals surface area contributed by atoms with Crippen LogP contribution in [0.15, 0.2) is 71.1 Å². The van der Waals surface area contributed by atoms with Crippen molar-refractivity contribution in [3.8, 4) is 22.6 Å². The van der Waals surface area contributed by atoms with Gasteiger partial charge < -0.3 is 15.9 Å². The molecule has 0 aliphatic heterocycles. The zero-order valence-electron chi connectivity index (χ0n) is 13.3. The summed E-state index contributed by atoms with van der Waals surface area (Å²) in [5.74, 6) is -0.0897. The number of nitrogen functional groups attached to an aromatic ring is 1. The lowest BCUT2D eigenvalue weighted by atomic mass is 10.0. The zero-order valence-corrected chi connectivity index (χ0v) is 13.3. The Kier molecular flexibility index (Phi) is 3.47. The van der Waals surface area contributed by atoms with E-state index in [-0.39, 0.29) is 0 Å². The van der Waals surface area contributed by atoms with Crippen molar-refractivity contribution in [1.82, 2.24) is 4.98 Å². The summed E-state index contributed by atoms with van der Waals surface area (Å²) >= 11 is 0. The van der Waals surface area contributed by atoms with E-state index in [0.717, 1.165) is 22.4 Å². The Balaban J connectivity index is 1.74. The summed E-state index contributed by atoms with van der Waals surface area (Å²) in [4.78, 5) is 16.0. The van der Waals surface area contributed by atoms with Crippen LogP contribution in [0.5, 0.6) is 0 Å². The highest BCUT2D eigenvalue weighted by Crippen LogP contribution is 2.29. The number of carbonyl (C=O) groups is 1. The third kappa shape index (κ3) is 2.72. The second kappa shape index (κ2) is 5.79. The van der Waals surface area contributed by atoms with Crippen molar-refractivity contribution in [1.29, 1.82) is 0 Å². The number of fused-ring (bicyclic) bond motifs is 1.